The predicted octanol–water partition coefficient (Wildman–Crippen LogP) is 2.47. The molecule has 3 amide bonds. The van der Waals surface area contributed by atoms with E-state index >= 15 is 0 Å². The normalized spacial score (nSPS) is 10.8. The van der Waals surface area contributed by atoms with Crippen molar-refractivity contribution in [3.05, 3.63) is 72.8 Å². The molecule has 0 fully saturated rings. The lowest BCUT2D eigenvalue weighted by atomic mass is 10.3. The molecule has 1 aromatic heterocycles. The average molecular weight is 526 g/mol. The van der Waals surface area contributed by atoms with Gasteiger partial charge in [0.15, 0.2) is 0 Å². The molecule has 0 spiro atoms. The average Bonchev–Trinajstić information content (AvgIpc) is 3.29. The van der Waals surface area contributed by atoms with E-state index in [1.165, 1.54) is 35.0 Å². The van der Waals surface area contributed by atoms with Gasteiger partial charge < -0.3 is 10.6 Å². The van der Waals surface area contributed by atoms with Crippen molar-refractivity contribution >= 4 is 57.8 Å². The van der Waals surface area contributed by atoms with Crippen molar-refractivity contribution in [2.45, 2.75) is 10.1 Å². The van der Waals surface area contributed by atoms with Crippen LogP contribution in [0, 0.1) is 0 Å². The third-order valence-corrected chi connectivity index (χ3v) is 6.27. The monoisotopic (exact) mass is 525 g/mol. The highest BCUT2D eigenvalue weighted by Crippen LogP contribution is 2.21. The number of carbonyl (C=O) groups is 2. The first-order valence-electron chi connectivity index (χ1n) is 10.2. The summed E-state index contributed by atoms with van der Waals surface area (Å²) in [6.07, 6.45) is 0.476. The summed E-state index contributed by atoms with van der Waals surface area (Å²) < 4.78 is 29.5. The summed E-state index contributed by atoms with van der Waals surface area (Å²) in [5.41, 5.74) is 7.10. The number of thiol groups is 1. The molecule has 4 rings (SSSR count). The molecular weight excluding hydrogens is 506 g/mol. The summed E-state index contributed by atoms with van der Waals surface area (Å²) in [5, 5.41) is 16.6. The van der Waals surface area contributed by atoms with E-state index in [9.17, 15) is 18.0 Å². The third-order valence-electron chi connectivity index (χ3n) is 4.62. The summed E-state index contributed by atoms with van der Waals surface area (Å²) in [7, 11) is -3.94. The van der Waals surface area contributed by atoms with Crippen LogP contribution in [0.15, 0.2) is 82.8 Å². The molecular formula is C21H19N9O4S2. The maximum absolute atomic E-state index is 12.8. The van der Waals surface area contributed by atoms with Gasteiger partial charge in [-0.1, -0.05) is 12.1 Å². The number of benzene rings is 3. The Morgan fingerprint density at radius 1 is 0.889 bits per heavy atom. The fraction of sp³-hybridized carbons (Fsp3) is 0. The smallest absolute Gasteiger partial charge is 0.308 e. The van der Waals surface area contributed by atoms with Crippen LogP contribution in [0.1, 0.15) is 0 Å². The zero-order chi connectivity index (χ0) is 25.5. The van der Waals surface area contributed by atoms with Gasteiger partial charge in [0, 0.05) is 17.1 Å². The van der Waals surface area contributed by atoms with E-state index in [0.29, 0.717) is 29.2 Å². The van der Waals surface area contributed by atoms with Gasteiger partial charge in [-0.25, -0.2) is 13.2 Å². The van der Waals surface area contributed by atoms with Gasteiger partial charge >= 0.3 is 6.03 Å². The number of amides is 3. The van der Waals surface area contributed by atoms with E-state index < -0.39 is 16.1 Å². The fourth-order valence-electron chi connectivity index (χ4n) is 3.05. The first-order valence-corrected chi connectivity index (χ1v) is 12.1. The second-order valence-corrected chi connectivity index (χ2v) is 9.20. The number of nitrogens with zero attached hydrogens (tertiary/aromatic N) is 4. The molecule has 0 atom stereocenters. The van der Waals surface area contributed by atoms with Crippen LogP contribution in [0.3, 0.4) is 0 Å². The van der Waals surface area contributed by atoms with Crippen LogP contribution in [0.2, 0.25) is 0 Å². The first-order chi connectivity index (χ1) is 17.3. The summed E-state index contributed by atoms with van der Waals surface area (Å²) in [6, 6.07) is 18.2. The Balaban J connectivity index is 1.42. The second-order valence-electron chi connectivity index (χ2n) is 7.12. The predicted molar refractivity (Wildman–Crippen MR) is 136 cm³/mol. The standard InChI is InChI=1S/C21H19N9O4S2/c31-13-22-25-14-7-9-15(10-8-14)27-36(33,34)19-6-2-4-17(12-19)24-20(32)23-16-3-1-5-18(11-16)30-21(35)26-28-29-30/h1-13,25,27H,(H,22,31)(H2,23,24,32)(H,26,29,35). The van der Waals surface area contributed by atoms with Gasteiger partial charge in [-0.15, -0.1) is 17.7 Å². The molecule has 1 heterocycles. The molecule has 0 aliphatic heterocycles. The molecule has 3 aromatic carbocycles. The van der Waals surface area contributed by atoms with Gasteiger partial charge in [-0.3, -0.25) is 20.4 Å². The number of hydrazine groups is 1. The minimum Gasteiger partial charge on any atom is -0.308 e. The highest BCUT2D eigenvalue weighted by Gasteiger charge is 2.16. The molecule has 0 saturated heterocycles. The molecule has 13 nitrogen and oxygen atoms in total. The van der Waals surface area contributed by atoms with E-state index in [0.717, 1.165) is 0 Å². The largest absolute Gasteiger partial charge is 0.323 e. The maximum atomic E-state index is 12.8. The molecule has 0 saturated carbocycles. The number of rotatable bonds is 9. The molecule has 0 aliphatic carbocycles. The molecule has 0 bridgehead atoms. The van der Waals surface area contributed by atoms with Gasteiger partial charge in [0.25, 0.3) is 10.0 Å². The topological polar surface area (TPSA) is 172 Å². The molecule has 15 heteroatoms. The van der Waals surface area contributed by atoms with Crippen molar-refractivity contribution in [2.24, 2.45) is 0 Å². The Bertz CT molecular complexity index is 1490. The van der Waals surface area contributed by atoms with Gasteiger partial charge in [0.2, 0.25) is 11.6 Å². The number of nitrogens with one attached hydrogen (secondary N) is 5. The number of aromatic nitrogens is 4. The van der Waals surface area contributed by atoms with Crippen molar-refractivity contribution < 1.29 is 18.0 Å². The Kier molecular flexibility index (Phi) is 7.31. The maximum Gasteiger partial charge on any atom is 0.323 e. The highest BCUT2D eigenvalue weighted by molar-refractivity contribution is 7.92. The quantitative estimate of drug-likeness (QED) is 0.110. The minimum absolute atomic E-state index is 0.0490. The third kappa shape index (κ3) is 6.08. The van der Waals surface area contributed by atoms with Crippen LogP contribution in [0.4, 0.5) is 27.5 Å². The molecule has 5 N–H and O–H groups in total. The molecule has 0 aliphatic rings. The zero-order valence-corrected chi connectivity index (χ0v) is 20.0. The molecule has 0 unspecified atom stereocenters. The lowest BCUT2D eigenvalue weighted by Crippen LogP contribution is -2.20. The van der Waals surface area contributed by atoms with Crippen molar-refractivity contribution in [2.75, 3.05) is 20.8 Å². The first kappa shape index (κ1) is 24.5. The van der Waals surface area contributed by atoms with Crippen LogP contribution in [-0.4, -0.2) is 41.1 Å². The summed E-state index contributed by atoms with van der Waals surface area (Å²) in [4.78, 5) is 22.8. The zero-order valence-electron chi connectivity index (χ0n) is 18.3. The van der Waals surface area contributed by atoms with Crippen LogP contribution < -0.4 is 26.2 Å². The van der Waals surface area contributed by atoms with Crippen molar-refractivity contribution in [1.29, 1.82) is 0 Å². The summed E-state index contributed by atoms with van der Waals surface area (Å²) in [6.45, 7) is 0. The van der Waals surface area contributed by atoms with Gasteiger partial charge in [0.1, 0.15) is 0 Å². The Labute approximate surface area is 210 Å². The second kappa shape index (κ2) is 10.7. The van der Waals surface area contributed by atoms with Crippen molar-refractivity contribution in [3.8, 4) is 5.69 Å². The number of anilines is 4. The number of carbonyl (C=O) groups excluding carboxylic acids is 2. The van der Waals surface area contributed by atoms with E-state index in [1.54, 1.807) is 42.5 Å². The fourth-order valence-corrected chi connectivity index (χ4v) is 4.35. The SMILES string of the molecule is O=CNNc1ccc(NS(=O)(=O)c2cccc(NC(=O)Nc3cccc(-n4nnnc4S)c3)c2)cc1. The number of sulfonamides is 1. The lowest BCUT2D eigenvalue weighted by molar-refractivity contribution is -0.109. The van der Waals surface area contributed by atoms with Crippen molar-refractivity contribution in [3.63, 3.8) is 0 Å². The summed E-state index contributed by atoms with van der Waals surface area (Å²) >= 11 is 4.17. The molecule has 4 aromatic rings. The van der Waals surface area contributed by atoms with Crippen molar-refractivity contribution in [1.82, 2.24) is 25.6 Å². The number of tetrazole rings is 1. The lowest BCUT2D eigenvalue weighted by Gasteiger charge is -2.12. The van der Waals surface area contributed by atoms with Gasteiger partial charge in [0.05, 0.1) is 16.3 Å². The van der Waals surface area contributed by atoms with Crippen LogP contribution in [0.25, 0.3) is 5.69 Å². The number of hydrogen-bond donors (Lipinski definition) is 6. The van der Waals surface area contributed by atoms with E-state index in [4.69, 9.17) is 0 Å². The van der Waals surface area contributed by atoms with E-state index in [2.05, 4.69) is 54.4 Å². The van der Waals surface area contributed by atoms with Crippen LogP contribution in [-0.2, 0) is 14.8 Å². The molecule has 36 heavy (non-hydrogen) atoms. The molecule has 184 valence electrons. The summed E-state index contributed by atoms with van der Waals surface area (Å²) in [5.74, 6) is 0. The molecule has 0 radical (unpaired) electrons. The van der Waals surface area contributed by atoms with Crippen LogP contribution >= 0.6 is 12.6 Å². The minimum atomic E-state index is -3.94. The van der Waals surface area contributed by atoms with Gasteiger partial charge in [-0.05, 0) is 71.1 Å². The number of hydrogen-bond acceptors (Lipinski definition) is 9. The highest BCUT2D eigenvalue weighted by atomic mass is 32.2. The number of urea groups is 1. The Morgan fingerprint density at radius 2 is 1.56 bits per heavy atom. The Hall–Kier alpha value is -4.63. The van der Waals surface area contributed by atoms with Gasteiger partial charge in [-0.2, -0.15) is 4.68 Å². The van der Waals surface area contributed by atoms with E-state index in [1.807, 2.05) is 0 Å². The van der Waals surface area contributed by atoms with E-state index in [-0.39, 0.29) is 15.7 Å². The van der Waals surface area contributed by atoms with Crippen LogP contribution in [0.5, 0.6) is 0 Å². The Morgan fingerprint density at radius 3 is 2.22 bits per heavy atom.